The fraction of sp³-hybridized carbons (Fsp3) is 0.556. The van der Waals surface area contributed by atoms with E-state index >= 15 is 0 Å². The third-order valence-electron chi connectivity index (χ3n) is 5.16. The molecule has 0 bridgehead atoms. The first kappa shape index (κ1) is 15.3. The fourth-order valence-corrected chi connectivity index (χ4v) is 5.52. The summed E-state index contributed by atoms with van der Waals surface area (Å²) in [6, 6.07) is 2.96. The van der Waals surface area contributed by atoms with E-state index in [0.29, 0.717) is 17.8 Å². The van der Waals surface area contributed by atoms with Crippen LogP contribution in [0.15, 0.2) is 22.2 Å². The van der Waals surface area contributed by atoms with Gasteiger partial charge in [0.15, 0.2) is 0 Å². The first-order chi connectivity index (χ1) is 11.3. The number of hydrogen-bond acceptors (Lipinski definition) is 4. The number of thiazole rings is 1. The molecule has 5 heteroatoms. The highest BCUT2D eigenvalue weighted by Crippen LogP contribution is 2.34. The summed E-state index contributed by atoms with van der Waals surface area (Å²) in [7, 11) is 0. The molecule has 2 fully saturated rings. The maximum Gasteiger partial charge on any atom is 0.273 e. The van der Waals surface area contributed by atoms with Crippen molar-refractivity contribution in [2.45, 2.75) is 63.5 Å². The largest absolute Gasteiger partial charge is 0.331 e. The van der Waals surface area contributed by atoms with Gasteiger partial charge in [0, 0.05) is 28.4 Å². The van der Waals surface area contributed by atoms with Crippen LogP contribution >= 0.6 is 22.7 Å². The van der Waals surface area contributed by atoms with Crippen molar-refractivity contribution < 1.29 is 4.79 Å². The van der Waals surface area contributed by atoms with Crippen molar-refractivity contribution in [2.75, 3.05) is 0 Å². The van der Waals surface area contributed by atoms with Crippen LogP contribution in [0.25, 0.3) is 10.6 Å². The normalized spacial score (nSPS) is 19.5. The molecular weight excluding hydrogens is 324 g/mol. The second-order valence-electron chi connectivity index (χ2n) is 6.64. The van der Waals surface area contributed by atoms with Crippen LogP contribution in [-0.2, 0) is 0 Å². The van der Waals surface area contributed by atoms with Gasteiger partial charge in [0.2, 0.25) is 0 Å². The zero-order chi connectivity index (χ0) is 15.6. The van der Waals surface area contributed by atoms with Gasteiger partial charge in [-0.25, -0.2) is 4.98 Å². The van der Waals surface area contributed by atoms with E-state index in [9.17, 15) is 4.79 Å². The molecule has 2 saturated carbocycles. The van der Waals surface area contributed by atoms with Crippen LogP contribution in [0, 0.1) is 0 Å². The van der Waals surface area contributed by atoms with Crippen molar-refractivity contribution >= 4 is 28.6 Å². The highest BCUT2D eigenvalue weighted by atomic mass is 32.1. The summed E-state index contributed by atoms with van der Waals surface area (Å²) in [6.07, 6.45) is 9.73. The van der Waals surface area contributed by atoms with Crippen LogP contribution in [0.4, 0.5) is 0 Å². The topological polar surface area (TPSA) is 33.2 Å². The minimum atomic E-state index is 0.168. The summed E-state index contributed by atoms with van der Waals surface area (Å²) in [6.45, 7) is 0. The quantitative estimate of drug-likeness (QED) is 0.762. The molecule has 2 aliphatic carbocycles. The Balaban J connectivity index is 1.59. The average molecular weight is 347 g/mol. The van der Waals surface area contributed by atoms with Gasteiger partial charge in [0.1, 0.15) is 10.7 Å². The van der Waals surface area contributed by atoms with Crippen LogP contribution in [-0.4, -0.2) is 27.9 Å². The van der Waals surface area contributed by atoms with Crippen LogP contribution < -0.4 is 0 Å². The van der Waals surface area contributed by atoms with Gasteiger partial charge >= 0.3 is 0 Å². The number of carbonyl (C=O) groups excluding carboxylic acids is 1. The SMILES string of the molecule is O=C(c1csc(-c2ccsc2)n1)N(C1CCCC1)C1CCCC1. The second-order valence-corrected chi connectivity index (χ2v) is 8.28. The molecule has 1 amide bonds. The van der Waals surface area contributed by atoms with Crippen LogP contribution in [0.2, 0.25) is 0 Å². The Morgan fingerprint density at radius 1 is 1.04 bits per heavy atom. The lowest BCUT2D eigenvalue weighted by molar-refractivity contribution is 0.0575. The molecule has 0 radical (unpaired) electrons. The number of nitrogens with zero attached hydrogens (tertiary/aromatic N) is 2. The second kappa shape index (κ2) is 6.73. The average Bonchev–Trinajstić information content (AvgIpc) is 3.32. The molecular formula is C18H22N2OS2. The summed E-state index contributed by atoms with van der Waals surface area (Å²) in [5.74, 6) is 0.168. The number of thiophene rings is 1. The number of amides is 1. The van der Waals surface area contributed by atoms with E-state index in [1.54, 1.807) is 22.7 Å². The van der Waals surface area contributed by atoms with E-state index in [2.05, 4.69) is 26.7 Å². The minimum absolute atomic E-state index is 0.168. The van der Waals surface area contributed by atoms with Gasteiger partial charge < -0.3 is 4.90 Å². The standard InChI is InChI=1S/C18H22N2OS2/c21-18(16-12-23-17(19-16)13-9-10-22-11-13)20(14-5-1-2-6-14)15-7-3-4-8-15/h9-12,14-15H,1-8H2. The van der Waals surface area contributed by atoms with Crippen LogP contribution in [0.5, 0.6) is 0 Å². The van der Waals surface area contributed by atoms with Gasteiger partial charge in [-0.2, -0.15) is 11.3 Å². The minimum Gasteiger partial charge on any atom is -0.331 e. The highest BCUT2D eigenvalue weighted by Gasteiger charge is 2.35. The maximum absolute atomic E-state index is 13.2. The summed E-state index contributed by atoms with van der Waals surface area (Å²) < 4.78 is 0. The molecule has 0 unspecified atom stereocenters. The Morgan fingerprint density at radius 2 is 1.70 bits per heavy atom. The van der Waals surface area contributed by atoms with Crippen LogP contribution in [0.1, 0.15) is 61.9 Å². The number of hydrogen-bond donors (Lipinski definition) is 0. The third-order valence-corrected chi connectivity index (χ3v) is 6.74. The lowest BCUT2D eigenvalue weighted by atomic mass is 10.1. The molecule has 3 nitrogen and oxygen atoms in total. The van der Waals surface area contributed by atoms with Crippen LogP contribution in [0.3, 0.4) is 0 Å². The Bertz CT molecular complexity index is 636. The van der Waals surface area contributed by atoms with Gasteiger partial charge in [-0.1, -0.05) is 25.7 Å². The molecule has 122 valence electrons. The lowest BCUT2D eigenvalue weighted by Crippen LogP contribution is -2.45. The van der Waals surface area contributed by atoms with Gasteiger partial charge in [0.25, 0.3) is 5.91 Å². The zero-order valence-corrected chi connectivity index (χ0v) is 14.9. The van der Waals surface area contributed by atoms with E-state index < -0.39 is 0 Å². The van der Waals surface area contributed by atoms with Crippen molar-refractivity contribution in [3.63, 3.8) is 0 Å². The molecule has 2 aromatic heterocycles. The number of rotatable bonds is 4. The molecule has 2 heterocycles. The summed E-state index contributed by atoms with van der Waals surface area (Å²) in [5, 5.41) is 7.07. The molecule has 0 atom stereocenters. The molecule has 2 aromatic rings. The summed E-state index contributed by atoms with van der Waals surface area (Å²) in [5.41, 5.74) is 1.78. The molecule has 0 spiro atoms. The van der Waals surface area contributed by atoms with Gasteiger partial charge in [-0.15, -0.1) is 11.3 Å². The summed E-state index contributed by atoms with van der Waals surface area (Å²) in [4.78, 5) is 20.0. The van der Waals surface area contributed by atoms with E-state index in [4.69, 9.17) is 0 Å². The van der Waals surface area contributed by atoms with Gasteiger partial charge in [-0.05, 0) is 37.1 Å². The smallest absolute Gasteiger partial charge is 0.273 e. The van der Waals surface area contributed by atoms with Gasteiger partial charge in [-0.3, -0.25) is 4.79 Å². The lowest BCUT2D eigenvalue weighted by Gasteiger charge is -2.34. The first-order valence-electron chi connectivity index (χ1n) is 8.63. The molecule has 0 aliphatic heterocycles. The van der Waals surface area contributed by atoms with Crippen molar-refractivity contribution in [3.8, 4) is 10.6 Å². The molecule has 0 N–H and O–H groups in total. The maximum atomic E-state index is 13.2. The first-order valence-corrected chi connectivity index (χ1v) is 10.5. The molecule has 2 aliphatic rings. The highest BCUT2D eigenvalue weighted by molar-refractivity contribution is 7.14. The van der Waals surface area contributed by atoms with Gasteiger partial charge in [0.05, 0.1) is 0 Å². The fourth-order valence-electron chi connectivity index (χ4n) is 4.02. The molecule has 23 heavy (non-hydrogen) atoms. The van der Waals surface area contributed by atoms with Crippen molar-refractivity contribution in [1.82, 2.24) is 9.88 Å². The molecule has 4 rings (SSSR count). The van der Waals surface area contributed by atoms with Crippen molar-refractivity contribution in [1.29, 1.82) is 0 Å². The molecule has 0 saturated heterocycles. The Kier molecular flexibility index (Phi) is 4.49. The molecule has 0 aromatic carbocycles. The van der Waals surface area contributed by atoms with E-state index in [-0.39, 0.29) is 5.91 Å². The third kappa shape index (κ3) is 3.09. The van der Waals surface area contributed by atoms with Crippen molar-refractivity contribution in [3.05, 3.63) is 27.9 Å². The van der Waals surface area contributed by atoms with Crippen molar-refractivity contribution in [2.24, 2.45) is 0 Å². The van der Waals surface area contributed by atoms with E-state index in [1.165, 1.54) is 51.4 Å². The summed E-state index contributed by atoms with van der Waals surface area (Å²) >= 11 is 3.26. The number of carbonyl (C=O) groups is 1. The van der Waals surface area contributed by atoms with E-state index in [1.807, 2.05) is 5.38 Å². The zero-order valence-electron chi connectivity index (χ0n) is 13.2. The Labute approximate surface area is 145 Å². The Hall–Kier alpha value is -1.20. The monoisotopic (exact) mass is 346 g/mol. The predicted molar refractivity (Wildman–Crippen MR) is 96.1 cm³/mol. The van der Waals surface area contributed by atoms with E-state index in [0.717, 1.165) is 10.6 Å². The predicted octanol–water partition coefficient (Wildman–Crippen LogP) is 5.20. The number of aromatic nitrogens is 1. The Morgan fingerprint density at radius 3 is 2.26 bits per heavy atom.